The van der Waals surface area contributed by atoms with Crippen LogP contribution in [0.4, 0.5) is 0 Å². The molecule has 0 aliphatic rings. The number of rotatable bonds is 4. The van der Waals surface area contributed by atoms with Gasteiger partial charge in [0.1, 0.15) is 0 Å². The van der Waals surface area contributed by atoms with Gasteiger partial charge in [0.2, 0.25) is 0 Å². The zero-order chi connectivity index (χ0) is 13.8. The molecule has 4 heteroatoms. The van der Waals surface area contributed by atoms with E-state index < -0.39 is 13.3 Å². The van der Waals surface area contributed by atoms with Crippen molar-refractivity contribution in [3.05, 3.63) is 40.4 Å². The average molecular weight is 327 g/mol. The molecule has 0 unspecified atom stereocenters. The van der Waals surface area contributed by atoms with E-state index in [9.17, 15) is 4.79 Å². The second-order valence-electron chi connectivity index (χ2n) is 5.45. The van der Waals surface area contributed by atoms with E-state index in [1.165, 1.54) is 7.11 Å². The molecule has 0 aliphatic carbocycles. The molecule has 0 saturated heterocycles. The minimum absolute atomic E-state index is 0.231. The molecule has 0 amide bonds. The van der Waals surface area contributed by atoms with E-state index in [1.54, 1.807) is 0 Å². The number of halogens is 1. The molecular formula is C14H19ClGeO2. The number of ether oxygens (including phenoxy) is 1. The van der Waals surface area contributed by atoms with Crippen LogP contribution in [-0.2, 0) is 9.53 Å². The Labute approximate surface area is 116 Å². The molecule has 0 atom stereocenters. The molecule has 1 aromatic rings. The van der Waals surface area contributed by atoms with Gasteiger partial charge >= 0.3 is 117 Å². The van der Waals surface area contributed by atoms with Crippen molar-refractivity contribution in [3.63, 3.8) is 0 Å². The monoisotopic (exact) mass is 328 g/mol. The normalized spacial score (nSPS) is 12.4. The molecule has 0 heterocycles. The Morgan fingerprint density at radius 3 is 2.28 bits per heavy atom. The molecule has 18 heavy (non-hydrogen) atoms. The molecule has 1 rings (SSSR count). The summed E-state index contributed by atoms with van der Waals surface area (Å²) in [4.78, 5) is 11.8. The van der Waals surface area contributed by atoms with E-state index in [0.29, 0.717) is 5.02 Å². The van der Waals surface area contributed by atoms with Crippen LogP contribution in [-0.4, -0.2) is 26.3 Å². The van der Waals surface area contributed by atoms with Crippen LogP contribution < -0.4 is 0 Å². The summed E-state index contributed by atoms with van der Waals surface area (Å²) in [5, 5.41) is 1.55. The molecule has 1 aromatic carbocycles. The fourth-order valence-corrected chi connectivity index (χ4v) is 4.69. The first kappa shape index (κ1) is 15.3. The van der Waals surface area contributed by atoms with Gasteiger partial charge in [-0.2, -0.15) is 0 Å². The van der Waals surface area contributed by atoms with E-state index in [4.69, 9.17) is 16.3 Å². The summed E-state index contributed by atoms with van der Waals surface area (Å²) in [5.41, 5.74) is 1.73. The van der Waals surface area contributed by atoms with Crippen molar-refractivity contribution in [2.75, 3.05) is 7.11 Å². The standard InChI is InChI=1S/C14H19ClGeO2/c1-16(2,3)10-12(14(17)18-4)9-11-5-7-13(15)8-6-11/h5-9H,10H2,1-4H3/b12-9-. The number of carbonyl (C=O) groups excluding carboxylic acids is 1. The van der Waals surface area contributed by atoms with Crippen molar-refractivity contribution >= 4 is 36.9 Å². The number of carbonyl (C=O) groups is 1. The van der Waals surface area contributed by atoms with Gasteiger partial charge < -0.3 is 0 Å². The van der Waals surface area contributed by atoms with Gasteiger partial charge in [-0.25, -0.2) is 0 Å². The third kappa shape index (κ3) is 5.27. The second kappa shape index (κ2) is 6.44. The first-order valence-corrected chi connectivity index (χ1v) is 14.0. The first-order chi connectivity index (χ1) is 8.31. The molecule has 2 nitrogen and oxygen atoms in total. The van der Waals surface area contributed by atoms with Gasteiger partial charge in [-0.1, -0.05) is 0 Å². The van der Waals surface area contributed by atoms with E-state index >= 15 is 0 Å². The van der Waals surface area contributed by atoms with Crippen LogP contribution in [0.1, 0.15) is 5.56 Å². The second-order valence-corrected chi connectivity index (χ2v) is 17.4. The van der Waals surface area contributed by atoms with Crippen molar-refractivity contribution in [2.45, 2.75) is 22.5 Å². The predicted octanol–water partition coefficient (Wildman–Crippen LogP) is 4.23. The molecule has 0 saturated carbocycles. The fraction of sp³-hybridized carbons (Fsp3) is 0.357. The van der Waals surface area contributed by atoms with E-state index in [1.807, 2.05) is 30.3 Å². The molecule has 0 spiro atoms. The van der Waals surface area contributed by atoms with Crippen LogP contribution >= 0.6 is 11.6 Å². The first-order valence-electron chi connectivity index (χ1n) is 5.86. The minimum atomic E-state index is -1.85. The predicted molar refractivity (Wildman–Crippen MR) is 79.6 cm³/mol. The van der Waals surface area contributed by atoms with Gasteiger partial charge in [-0.3, -0.25) is 0 Å². The zero-order valence-corrected chi connectivity index (χ0v) is 14.1. The summed E-state index contributed by atoms with van der Waals surface area (Å²) < 4.78 is 4.85. The zero-order valence-electron chi connectivity index (χ0n) is 11.3. The molecule has 98 valence electrons. The Balaban J connectivity index is 3.02. The van der Waals surface area contributed by atoms with Crippen LogP contribution in [0.3, 0.4) is 0 Å². The maximum absolute atomic E-state index is 11.8. The number of hydrogen-bond acceptors (Lipinski definition) is 2. The van der Waals surface area contributed by atoms with Gasteiger partial charge in [-0.15, -0.1) is 0 Å². The SMILES string of the molecule is COC(=O)/C(=C\c1ccc(Cl)cc1)[CH2][Ge]([CH3])([CH3])[CH3]. The van der Waals surface area contributed by atoms with E-state index in [-0.39, 0.29) is 5.97 Å². The van der Waals surface area contributed by atoms with Crippen molar-refractivity contribution in [2.24, 2.45) is 0 Å². The summed E-state index contributed by atoms with van der Waals surface area (Å²) in [6, 6.07) is 7.45. The van der Waals surface area contributed by atoms with Gasteiger partial charge in [0.25, 0.3) is 0 Å². The van der Waals surface area contributed by atoms with Gasteiger partial charge in [0.05, 0.1) is 0 Å². The molecule has 0 N–H and O–H groups in total. The third-order valence-corrected chi connectivity index (χ3v) is 5.66. The summed E-state index contributed by atoms with van der Waals surface area (Å²) in [6.07, 6.45) is 1.90. The van der Waals surface area contributed by atoms with Crippen LogP contribution in [0.2, 0.25) is 27.5 Å². The molecule has 0 fully saturated rings. The molecule has 0 bridgehead atoms. The fourth-order valence-electron chi connectivity index (χ4n) is 1.64. The molecule has 0 radical (unpaired) electrons. The number of esters is 1. The van der Waals surface area contributed by atoms with Crippen LogP contribution in [0.25, 0.3) is 6.08 Å². The maximum atomic E-state index is 11.8. The topological polar surface area (TPSA) is 26.3 Å². The Hall–Kier alpha value is -0.737. The quantitative estimate of drug-likeness (QED) is 0.470. The number of hydrogen-bond donors (Lipinski definition) is 0. The number of benzene rings is 1. The van der Waals surface area contributed by atoms with E-state index in [2.05, 4.69) is 17.3 Å². The summed E-state index contributed by atoms with van der Waals surface area (Å²) in [7, 11) is 1.42. The Morgan fingerprint density at radius 2 is 1.83 bits per heavy atom. The number of methoxy groups -OCH3 is 1. The Bertz CT molecular complexity index is 444. The van der Waals surface area contributed by atoms with Gasteiger partial charge in [0.15, 0.2) is 0 Å². The van der Waals surface area contributed by atoms with Crippen LogP contribution in [0.5, 0.6) is 0 Å². The van der Waals surface area contributed by atoms with Gasteiger partial charge in [-0.05, 0) is 0 Å². The van der Waals surface area contributed by atoms with E-state index in [0.717, 1.165) is 16.4 Å². The Kier molecular flexibility index (Phi) is 5.48. The summed E-state index contributed by atoms with van der Waals surface area (Å²) in [5.74, 6) is 6.60. The average Bonchev–Trinajstić information content (AvgIpc) is 2.28. The molecule has 0 aromatic heterocycles. The van der Waals surface area contributed by atoms with Crippen molar-refractivity contribution in [3.8, 4) is 0 Å². The van der Waals surface area contributed by atoms with Gasteiger partial charge in [0, 0.05) is 0 Å². The van der Waals surface area contributed by atoms with Crippen LogP contribution in [0, 0.1) is 0 Å². The summed E-state index contributed by atoms with van der Waals surface area (Å²) in [6.45, 7) is 0. The Morgan fingerprint density at radius 1 is 1.28 bits per heavy atom. The molecular weight excluding hydrogens is 308 g/mol. The van der Waals surface area contributed by atoms with Crippen molar-refractivity contribution in [1.82, 2.24) is 0 Å². The molecule has 0 aliphatic heterocycles. The third-order valence-electron chi connectivity index (χ3n) is 2.38. The summed E-state index contributed by atoms with van der Waals surface area (Å²) >= 11 is 3.99. The van der Waals surface area contributed by atoms with Crippen molar-refractivity contribution < 1.29 is 9.53 Å². The van der Waals surface area contributed by atoms with Crippen LogP contribution in [0.15, 0.2) is 29.8 Å². The van der Waals surface area contributed by atoms with Crippen molar-refractivity contribution in [1.29, 1.82) is 0 Å².